The summed E-state index contributed by atoms with van der Waals surface area (Å²) in [7, 11) is 0. The Bertz CT molecular complexity index is 541. The van der Waals surface area contributed by atoms with Crippen molar-refractivity contribution in [1.82, 2.24) is 4.90 Å². The van der Waals surface area contributed by atoms with Gasteiger partial charge in [0.1, 0.15) is 5.76 Å². The van der Waals surface area contributed by atoms with Gasteiger partial charge >= 0.3 is 0 Å². The van der Waals surface area contributed by atoms with Gasteiger partial charge in [-0.25, -0.2) is 0 Å². The molecule has 2 aromatic rings. The molecule has 0 unspecified atom stereocenters. The molecule has 0 atom stereocenters. The van der Waals surface area contributed by atoms with Gasteiger partial charge in [-0.15, -0.1) is 0 Å². The van der Waals surface area contributed by atoms with Crippen LogP contribution in [-0.4, -0.2) is 18.0 Å². The lowest BCUT2D eigenvalue weighted by Gasteiger charge is -2.26. The van der Waals surface area contributed by atoms with E-state index in [0.29, 0.717) is 5.41 Å². The van der Waals surface area contributed by atoms with Gasteiger partial charge in [-0.2, -0.15) is 0 Å². The van der Waals surface area contributed by atoms with Gasteiger partial charge in [0.15, 0.2) is 0 Å². The van der Waals surface area contributed by atoms with E-state index >= 15 is 0 Å². The van der Waals surface area contributed by atoms with Crippen LogP contribution in [0.3, 0.4) is 0 Å². The molecule has 106 valence electrons. The SMILES string of the molecule is CCN(Cc1ccco1)CC1(c2ccc(N)cc2)CC1. The molecule has 1 fully saturated rings. The third-order valence-corrected chi connectivity index (χ3v) is 4.31. The Morgan fingerprint density at radius 3 is 2.50 bits per heavy atom. The molecule has 0 spiro atoms. The molecule has 0 amide bonds. The summed E-state index contributed by atoms with van der Waals surface area (Å²) in [6.45, 7) is 5.23. The largest absolute Gasteiger partial charge is 0.468 e. The topological polar surface area (TPSA) is 42.4 Å². The lowest BCUT2D eigenvalue weighted by molar-refractivity contribution is 0.233. The van der Waals surface area contributed by atoms with Gasteiger partial charge in [0.2, 0.25) is 0 Å². The molecule has 1 saturated carbocycles. The first kappa shape index (κ1) is 13.3. The fourth-order valence-corrected chi connectivity index (χ4v) is 2.86. The molecule has 0 bridgehead atoms. The van der Waals surface area contributed by atoms with Gasteiger partial charge in [-0.05, 0) is 49.2 Å². The summed E-state index contributed by atoms with van der Waals surface area (Å²) in [5.74, 6) is 1.04. The Morgan fingerprint density at radius 1 is 1.20 bits per heavy atom. The molecule has 0 aliphatic heterocycles. The lowest BCUT2D eigenvalue weighted by atomic mass is 9.95. The smallest absolute Gasteiger partial charge is 0.117 e. The summed E-state index contributed by atoms with van der Waals surface area (Å²) >= 11 is 0. The van der Waals surface area contributed by atoms with Gasteiger partial charge in [-0.3, -0.25) is 4.90 Å². The number of rotatable bonds is 6. The molecule has 2 N–H and O–H groups in total. The number of nitrogen functional groups attached to an aromatic ring is 1. The van der Waals surface area contributed by atoms with Crippen LogP contribution in [-0.2, 0) is 12.0 Å². The van der Waals surface area contributed by atoms with Crippen LogP contribution in [0.1, 0.15) is 31.1 Å². The van der Waals surface area contributed by atoms with E-state index in [2.05, 4.69) is 24.0 Å². The van der Waals surface area contributed by atoms with Crippen LogP contribution >= 0.6 is 0 Å². The quantitative estimate of drug-likeness (QED) is 0.818. The van der Waals surface area contributed by atoms with Crippen molar-refractivity contribution in [1.29, 1.82) is 0 Å². The van der Waals surface area contributed by atoms with Crippen molar-refractivity contribution < 1.29 is 4.42 Å². The molecule has 3 nitrogen and oxygen atoms in total. The second kappa shape index (κ2) is 5.33. The highest BCUT2D eigenvalue weighted by Gasteiger charge is 2.45. The number of likely N-dealkylation sites (N-methyl/N-ethyl adjacent to an activating group) is 1. The molecular formula is C17H22N2O. The molecule has 1 aliphatic rings. The van der Waals surface area contributed by atoms with E-state index < -0.39 is 0 Å². The number of hydrogen-bond acceptors (Lipinski definition) is 3. The van der Waals surface area contributed by atoms with Crippen molar-refractivity contribution in [3.63, 3.8) is 0 Å². The Balaban J connectivity index is 1.70. The average molecular weight is 270 g/mol. The molecule has 1 aromatic heterocycles. The molecular weight excluding hydrogens is 248 g/mol. The van der Waals surface area contributed by atoms with Crippen molar-refractivity contribution >= 4 is 5.69 Å². The summed E-state index contributed by atoms with van der Waals surface area (Å²) in [6.07, 6.45) is 4.28. The Labute approximate surface area is 120 Å². The summed E-state index contributed by atoms with van der Waals surface area (Å²) in [6, 6.07) is 12.4. The minimum absolute atomic E-state index is 0.330. The van der Waals surface area contributed by atoms with Crippen molar-refractivity contribution in [3.8, 4) is 0 Å². The fraction of sp³-hybridized carbons (Fsp3) is 0.412. The van der Waals surface area contributed by atoms with Gasteiger partial charge in [0, 0.05) is 17.6 Å². The van der Waals surface area contributed by atoms with Crippen LogP contribution in [0.15, 0.2) is 47.1 Å². The number of hydrogen-bond donors (Lipinski definition) is 1. The molecule has 20 heavy (non-hydrogen) atoms. The maximum atomic E-state index is 5.79. The maximum absolute atomic E-state index is 5.79. The maximum Gasteiger partial charge on any atom is 0.117 e. The molecule has 1 aromatic carbocycles. The van der Waals surface area contributed by atoms with Crippen LogP contribution < -0.4 is 5.73 Å². The number of nitrogens with zero attached hydrogens (tertiary/aromatic N) is 1. The zero-order valence-corrected chi connectivity index (χ0v) is 12.0. The minimum atomic E-state index is 0.330. The van der Waals surface area contributed by atoms with Crippen LogP contribution in [0.4, 0.5) is 5.69 Å². The summed E-state index contributed by atoms with van der Waals surface area (Å²) < 4.78 is 5.46. The zero-order chi connectivity index (χ0) is 14.0. The Hall–Kier alpha value is -1.74. The summed E-state index contributed by atoms with van der Waals surface area (Å²) in [5.41, 5.74) is 8.38. The van der Waals surface area contributed by atoms with Crippen LogP contribution in [0, 0.1) is 0 Å². The number of furan rings is 1. The number of anilines is 1. The normalized spacial score (nSPS) is 16.5. The summed E-state index contributed by atoms with van der Waals surface area (Å²) in [5, 5.41) is 0. The minimum Gasteiger partial charge on any atom is -0.468 e. The molecule has 3 heteroatoms. The molecule has 1 heterocycles. The second-order valence-corrected chi connectivity index (χ2v) is 5.78. The fourth-order valence-electron chi connectivity index (χ4n) is 2.86. The third-order valence-electron chi connectivity index (χ3n) is 4.31. The predicted molar refractivity (Wildman–Crippen MR) is 81.4 cm³/mol. The van der Waals surface area contributed by atoms with E-state index in [1.54, 1.807) is 6.26 Å². The molecule has 0 radical (unpaired) electrons. The highest BCUT2D eigenvalue weighted by Crippen LogP contribution is 2.49. The molecule has 1 aliphatic carbocycles. The second-order valence-electron chi connectivity index (χ2n) is 5.78. The van der Waals surface area contributed by atoms with Crippen molar-refractivity contribution in [2.24, 2.45) is 0 Å². The van der Waals surface area contributed by atoms with E-state index in [9.17, 15) is 0 Å². The van der Waals surface area contributed by atoms with Crippen molar-refractivity contribution in [2.75, 3.05) is 18.8 Å². The average Bonchev–Trinajstić information content (AvgIpc) is 3.05. The summed E-state index contributed by atoms with van der Waals surface area (Å²) in [4.78, 5) is 2.46. The first-order valence-corrected chi connectivity index (χ1v) is 7.33. The van der Waals surface area contributed by atoms with Crippen LogP contribution in [0.2, 0.25) is 0 Å². The molecule has 0 saturated heterocycles. The third kappa shape index (κ3) is 2.73. The Morgan fingerprint density at radius 2 is 1.95 bits per heavy atom. The monoisotopic (exact) mass is 270 g/mol. The van der Waals surface area contributed by atoms with Gasteiger partial charge in [-0.1, -0.05) is 19.1 Å². The Kier molecular flexibility index (Phi) is 3.53. The first-order valence-electron chi connectivity index (χ1n) is 7.33. The van der Waals surface area contributed by atoms with Gasteiger partial charge in [0.25, 0.3) is 0 Å². The number of nitrogens with two attached hydrogens (primary N) is 1. The lowest BCUT2D eigenvalue weighted by Crippen LogP contribution is -2.32. The van der Waals surface area contributed by atoms with Crippen molar-refractivity contribution in [2.45, 2.75) is 31.7 Å². The predicted octanol–water partition coefficient (Wildman–Crippen LogP) is 3.42. The molecule has 3 rings (SSSR count). The van der Waals surface area contributed by atoms with E-state index in [1.807, 2.05) is 24.3 Å². The van der Waals surface area contributed by atoms with Gasteiger partial charge in [0.05, 0.1) is 12.8 Å². The van der Waals surface area contributed by atoms with E-state index in [0.717, 1.165) is 31.1 Å². The van der Waals surface area contributed by atoms with E-state index in [4.69, 9.17) is 10.2 Å². The van der Waals surface area contributed by atoms with Crippen LogP contribution in [0.5, 0.6) is 0 Å². The highest BCUT2D eigenvalue weighted by molar-refractivity contribution is 5.43. The highest BCUT2D eigenvalue weighted by atomic mass is 16.3. The van der Waals surface area contributed by atoms with E-state index in [-0.39, 0.29) is 0 Å². The van der Waals surface area contributed by atoms with Crippen molar-refractivity contribution in [3.05, 3.63) is 54.0 Å². The van der Waals surface area contributed by atoms with Crippen LogP contribution in [0.25, 0.3) is 0 Å². The van der Waals surface area contributed by atoms with E-state index in [1.165, 1.54) is 18.4 Å². The first-order chi connectivity index (χ1) is 9.72. The van der Waals surface area contributed by atoms with Gasteiger partial charge < -0.3 is 10.2 Å². The zero-order valence-electron chi connectivity index (χ0n) is 12.0. The standard InChI is InChI=1S/C17H22N2O/c1-2-19(12-16-4-3-11-20-16)13-17(9-10-17)14-5-7-15(18)8-6-14/h3-8,11H,2,9-10,12-13,18H2,1H3. The number of benzene rings is 1.